The number of aliphatic hydroxyl groups is 1. The van der Waals surface area contributed by atoms with E-state index in [9.17, 15) is 13.2 Å². The standard InChI is InChI=1S/C15H23F3N2O/c1-3-6-19-10-13-9-12(2)4-5-14(13)20(7-8-21)11-15(16,17)18/h4-5,9,19,21H,3,6-8,10-11H2,1-2H3. The molecule has 120 valence electrons. The molecule has 21 heavy (non-hydrogen) atoms. The van der Waals surface area contributed by atoms with E-state index in [2.05, 4.69) is 5.32 Å². The van der Waals surface area contributed by atoms with E-state index in [4.69, 9.17) is 5.11 Å². The number of nitrogens with one attached hydrogen (secondary N) is 1. The molecule has 0 saturated carbocycles. The Morgan fingerprint density at radius 2 is 2.00 bits per heavy atom. The van der Waals surface area contributed by atoms with Gasteiger partial charge in [-0.05, 0) is 31.5 Å². The Hall–Kier alpha value is -1.27. The second-order valence-corrected chi connectivity index (χ2v) is 5.07. The summed E-state index contributed by atoms with van der Waals surface area (Å²) in [5, 5.41) is 12.2. The molecule has 0 atom stereocenters. The molecule has 1 rings (SSSR count). The predicted molar refractivity (Wildman–Crippen MR) is 78.5 cm³/mol. The van der Waals surface area contributed by atoms with Gasteiger partial charge in [-0.25, -0.2) is 0 Å². The minimum atomic E-state index is -4.30. The molecule has 0 aliphatic heterocycles. The highest BCUT2D eigenvalue weighted by Crippen LogP contribution is 2.26. The topological polar surface area (TPSA) is 35.5 Å². The molecule has 6 heteroatoms. The van der Waals surface area contributed by atoms with E-state index >= 15 is 0 Å². The van der Waals surface area contributed by atoms with Gasteiger partial charge >= 0.3 is 6.18 Å². The molecule has 0 aromatic heterocycles. The van der Waals surface area contributed by atoms with Gasteiger partial charge in [0, 0.05) is 18.8 Å². The van der Waals surface area contributed by atoms with Gasteiger partial charge in [-0.15, -0.1) is 0 Å². The summed E-state index contributed by atoms with van der Waals surface area (Å²) < 4.78 is 38.1. The lowest BCUT2D eigenvalue weighted by Crippen LogP contribution is -2.37. The van der Waals surface area contributed by atoms with Crippen LogP contribution in [0.2, 0.25) is 0 Å². The Morgan fingerprint density at radius 3 is 2.57 bits per heavy atom. The van der Waals surface area contributed by atoms with Crippen LogP contribution in [0.25, 0.3) is 0 Å². The molecule has 0 bridgehead atoms. The summed E-state index contributed by atoms with van der Waals surface area (Å²) in [4.78, 5) is 1.18. The van der Waals surface area contributed by atoms with E-state index in [1.807, 2.05) is 19.9 Å². The third-order valence-electron chi connectivity index (χ3n) is 3.06. The zero-order valence-electron chi connectivity index (χ0n) is 12.5. The molecule has 2 N–H and O–H groups in total. The molecule has 0 radical (unpaired) electrons. The van der Waals surface area contributed by atoms with Gasteiger partial charge in [0.25, 0.3) is 0 Å². The van der Waals surface area contributed by atoms with Gasteiger partial charge in [-0.2, -0.15) is 13.2 Å². The van der Waals surface area contributed by atoms with Crippen LogP contribution in [0.3, 0.4) is 0 Å². The molecule has 0 spiro atoms. The second-order valence-electron chi connectivity index (χ2n) is 5.07. The Labute approximate surface area is 123 Å². The van der Waals surface area contributed by atoms with Crippen LogP contribution in [0.1, 0.15) is 24.5 Å². The predicted octanol–water partition coefficient (Wildman–Crippen LogP) is 2.86. The number of hydrogen-bond acceptors (Lipinski definition) is 3. The Bertz CT molecular complexity index is 435. The highest BCUT2D eigenvalue weighted by atomic mass is 19.4. The summed E-state index contributed by atoms with van der Waals surface area (Å²) in [6.07, 6.45) is -3.34. The first-order valence-electron chi connectivity index (χ1n) is 7.10. The number of halogens is 3. The molecule has 0 unspecified atom stereocenters. The van der Waals surface area contributed by atoms with Crippen molar-refractivity contribution < 1.29 is 18.3 Å². The van der Waals surface area contributed by atoms with Gasteiger partial charge in [0.1, 0.15) is 6.54 Å². The maximum atomic E-state index is 12.7. The first-order chi connectivity index (χ1) is 9.87. The van der Waals surface area contributed by atoms with E-state index in [-0.39, 0.29) is 13.2 Å². The Morgan fingerprint density at radius 1 is 1.29 bits per heavy atom. The first-order valence-corrected chi connectivity index (χ1v) is 7.10. The molecule has 0 amide bonds. The fourth-order valence-corrected chi connectivity index (χ4v) is 2.19. The van der Waals surface area contributed by atoms with Crippen molar-refractivity contribution in [1.29, 1.82) is 0 Å². The Kier molecular flexibility index (Phi) is 6.98. The zero-order valence-corrected chi connectivity index (χ0v) is 12.5. The van der Waals surface area contributed by atoms with Crippen LogP contribution in [0, 0.1) is 6.92 Å². The molecule has 0 aliphatic carbocycles. The van der Waals surface area contributed by atoms with Crippen LogP contribution in [-0.4, -0.2) is 37.5 Å². The summed E-state index contributed by atoms with van der Waals surface area (Å²) in [5.74, 6) is 0. The molecule has 1 aromatic carbocycles. The second kappa shape index (κ2) is 8.24. The van der Waals surface area contributed by atoms with Crippen molar-refractivity contribution >= 4 is 5.69 Å². The maximum absolute atomic E-state index is 12.7. The van der Waals surface area contributed by atoms with Crippen molar-refractivity contribution in [3.63, 3.8) is 0 Å². The quantitative estimate of drug-likeness (QED) is 0.725. The van der Waals surface area contributed by atoms with Crippen LogP contribution in [-0.2, 0) is 6.54 Å². The van der Waals surface area contributed by atoms with Crippen LogP contribution in [0.4, 0.5) is 18.9 Å². The highest BCUT2D eigenvalue weighted by Gasteiger charge is 2.31. The zero-order chi connectivity index (χ0) is 15.9. The average Bonchev–Trinajstić information content (AvgIpc) is 2.37. The number of nitrogens with zero attached hydrogens (tertiary/aromatic N) is 1. The Balaban J connectivity index is 2.99. The van der Waals surface area contributed by atoms with Crippen LogP contribution in [0.15, 0.2) is 18.2 Å². The number of aryl methyl sites for hydroxylation is 1. The van der Waals surface area contributed by atoms with Gasteiger partial charge in [0.05, 0.1) is 6.61 Å². The highest BCUT2D eigenvalue weighted by molar-refractivity contribution is 5.55. The van der Waals surface area contributed by atoms with Crippen molar-refractivity contribution in [3.05, 3.63) is 29.3 Å². The van der Waals surface area contributed by atoms with Gasteiger partial charge in [0.15, 0.2) is 0 Å². The van der Waals surface area contributed by atoms with Crippen molar-refractivity contribution in [2.24, 2.45) is 0 Å². The largest absolute Gasteiger partial charge is 0.405 e. The summed E-state index contributed by atoms with van der Waals surface area (Å²) in [6.45, 7) is 3.86. The minimum Gasteiger partial charge on any atom is -0.395 e. The lowest BCUT2D eigenvalue weighted by atomic mass is 10.1. The summed E-state index contributed by atoms with van der Waals surface area (Å²) in [7, 11) is 0. The SMILES string of the molecule is CCCNCc1cc(C)ccc1N(CCO)CC(F)(F)F. The summed E-state index contributed by atoms with van der Waals surface area (Å²) in [5.41, 5.74) is 2.35. The fraction of sp³-hybridized carbons (Fsp3) is 0.600. The van der Waals surface area contributed by atoms with E-state index in [0.29, 0.717) is 12.2 Å². The van der Waals surface area contributed by atoms with E-state index in [1.165, 1.54) is 4.90 Å². The third-order valence-corrected chi connectivity index (χ3v) is 3.06. The number of benzene rings is 1. The van der Waals surface area contributed by atoms with Crippen molar-refractivity contribution in [2.45, 2.75) is 33.0 Å². The first kappa shape index (κ1) is 17.8. The molecule has 0 aliphatic rings. The lowest BCUT2D eigenvalue weighted by molar-refractivity contribution is -0.119. The van der Waals surface area contributed by atoms with Gasteiger partial charge in [-0.1, -0.05) is 24.6 Å². The monoisotopic (exact) mass is 304 g/mol. The normalized spacial score (nSPS) is 11.7. The van der Waals surface area contributed by atoms with E-state index in [1.54, 1.807) is 12.1 Å². The van der Waals surface area contributed by atoms with E-state index in [0.717, 1.165) is 24.1 Å². The minimum absolute atomic E-state index is 0.0383. The smallest absolute Gasteiger partial charge is 0.395 e. The lowest BCUT2D eigenvalue weighted by Gasteiger charge is -2.28. The average molecular weight is 304 g/mol. The number of aliphatic hydroxyl groups excluding tert-OH is 1. The van der Waals surface area contributed by atoms with Crippen LogP contribution >= 0.6 is 0 Å². The number of hydrogen-bond donors (Lipinski definition) is 2. The van der Waals surface area contributed by atoms with Gasteiger partial charge < -0.3 is 15.3 Å². The molecular weight excluding hydrogens is 281 g/mol. The number of rotatable bonds is 8. The van der Waals surface area contributed by atoms with Gasteiger partial charge in [-0.3, -0.25) is 0 Å². The van der Waals surface area contributed by atoms with Gasteiger partial charge in [0.2, 0.25) is 0 Å². The third kappa shape index (κ3) is 6.35. The summed E-state index contributed by atoms with van der Waals surface area (Å²) in [6, 6.07) is 5.37. The molecule has 0 heterocycles. The maximum Gasteiger partial charge on any atom is 0.405 e. The van der Waals surface area contributed by atoms with E-state index < -0.39 is 12.7 Å². The molecule has 0 saturated heterocycles. The number of alkyl halides is 3. The molecule has 0 fully saturated rings. The van der Waals surface area contributed by atoms with Crippen LogP contribution < -0.4 is 10.2 Å². The van der Waals surface area contributed by atoms with Crippen molar-refractivity contribution in [3.8, 4) is 0 Å². The molecule has 1 aromatic rings. The fourth-order valence-electron chi connectivity index (χ4n) is 2.19. The van der Waals surface area contributed by atoms with Crippen molar-refractivity contribution in [2.75, 3.05) is 31.1 Å². The van der Waals surface area contributed by atoms with Crippen LogP contribution in [0.5, 0.6) is 0 Å². The molecule has 3 nitrogen and oxygen atoms in total. The summed E-state index contributed by atoms with van der Waals surface area (Å²) >= 11 is 0. The molecular formula is C15H23F3N2O. The number of anilines is 1. The van der Waals surface area contributed by atoms with Crippen molar-refractivity contribution in [1.82, 2.24) is 5.32 Å².